The summed E-state index contributed by atoms with van der Waals surface area (Å²) in [6, 6.07) is 2.04. The highest BCUT2D eigenvalue weighted by Crippen LogP contribution is 2.25. The topological polar surface area (TPSA) is 67.2 Å². The maximum Gasteiger partial charge on any atom is 0.268 e. The normalized spacial score (nSPS) is 24.5. The number of anilines is 1. The number of aromatic nitrogens is 2. The molecule has 6 heteroatoms. The smallest absolute Gasteiger partial charge is 0.268 e. The lowest BCUT2D eigenvalue weighted by atomic mass is 9.86. The summed E-state index contributed by atoms with van der Waals surface area (Å²) in [5, 5.41) is 7.54. The van der Waals surface area contributed by atoms with Crippen LogP contribution in [0.3, 0.4) is 0 Å². The summed E-state index contributed by atoms with van der Waals surface area (Å²) in [4.78, 5) is 26.8. The van der Waals surface area contributed by atoms with Crippen molar-refractivity contribution >= 4 is 11.6 Å². The molecule has 0 spiro atoms. The van der Waals surface area contributed by atoms with Gasteiger partial charge in [0.05, 0.1) is 11.9 Å². The first-order valence-corrected chi connectivity index (χ1v) is 10.2. The van der Waals surface area contributed by atoms with E-state index in [-0.39, 0.29) is 17.4 Å². The molecule has 0 unspecified atom stereocenters. The molecule has 1 saturated heterocycles. The van der Waals surface area contributed by atoms with Crippen LogP contribution in [0.15, 0.2) is 17.1 Å². The second-order valence-corrected chi connectivity index (χ2v) is 8.00. The van der Waals surface area contributed by atoms with E-state index >= 15 is 0 Å². The standard InChI is InChI=1S/C20H32N4O2/c1-3-10-24-19(25)13-18(14-21-24)23-11-8-16(9-12-23)20(26)22-17-6-4-15(2)5-7-17/h13-17H,3-12H2,1-2H3,(H,22,26). The summed E-state index contributed by atoms with van der Waals surface area (Å²) >= 11 is 0. The van der Waals surface area contributed by atoms with Crippen LogP contribution in [0.25, 0.3) is 0 Å². The zero-order valence-corrected chi connectivity index (χ0v) is 16.1. The minimum atomic E-state index is -0.0456. The summed E-state index contributed by atoms with van der Waals surface area (Å²) in [5.74, 6) is 1.12. The van der Waals surface area contributed by atoms with Crippen LogP contribution < -0.4 is 15.8 Å². The maximum atomic E-state index is 12.6. The fourth-order valence-electron chi connectivity index (χ4n) is 4.10. The van der Waals surface area contributed by atoms with E-state index in [9.17, 15) is 9.59 Å². The SMILES string of the molecule is CCCn1ncc(N2CCC(C(=O)NC3CCC(C)CC3)CC2)cc1=O. The van der Waals surface area contributed by atoms with Crippen LogP contribution in [-0.4, -0.2) is 34.8 Å². The first-order chi connectivity index (χ1) is 12.6. The Morgan fingerprint density at radius 2 is 1.88 bits per heavy atom. The van der Waals surface area contributed by atoms with Gasteiger partial charge in [-0.1, -0.05) is 13.8 Å². The van der Waals surface area contributed by atoms with Crippen molar-refractivity contribution in [1.82, 2.24) is 15.1 Å². The second kappa shape index (κ2) is 8.69. The molecule has 0 atom stereocenters. The van der Waals surface area contributed by atoms with E-state index in [1.807, 2.05) is 6.92 Å². The third kappa shape index (κ3) is 4.65. The molecule has 144 valence electrons. The van der Waals surface area contributed by atoms with Crippen molar-refractivity contribution in [2.24, 2.45) is 11.8 Å². The molecular weight excluding hydrogens is 328 g/mol. The number of hydrogen-bond acceptors (Lipinski definition) is 4. The monoisotopic (exact) mass is 360 g/mol. The van der Waals surface area contributed by atoms with E-state index in [4.69, 9.17) is 0 Å². The minimum absolute atomic E-state index is 0.0456. The predicted octanol–water partition coefficient (Wildman–Crippen LogP) is 2.56. The summed E-state index contributed by atoms with van der Waals surface area (Å²) in [6.45, 7) is 6.59. The summed E-state index contributed by atoms with van der Waals surface area (Å²) < 4.78 is 1.51. The Kier molecular flexibility index (Phi) is 6.33. The number of carbonyl (C=O) groups is 1. The van der Waals surface area contributed by atoms with Gasteiger partial charge in [0, 0.05) is 37.7 Å². The van der Waals surface area contributed by atoms with Gasteiger partial charge in [-0.05, 0) is 50.9 Å². The Labute approximate surface area is 156 Å². The summed E-state index contributed by atoms with van der Waals surface area (Å²) in [6.07, 6.45) is 9.03. The van der Waals surface area contributed by atoms with Crippen molar-refractivity contribution in [3.8, 4) is 0 Å². The number of nitrogens with zero attached hydrogens (tertiary/aromatic N) is 3. The molecule has 1 aliphatic carbocycles. The molecule has 1 aliphatic heterocycles. The van der Waals surface area contributed by atoms with Gasteiger partial charge in [0.15, 0.2) is 0 Å². The van der Waals surface area contributed by atoms with Gasteiger partial charge in [-0.25, -0.2) is 4.68 Å². The number of aryl methyl sites for hydroxylation is 1. The zero-order valence-electron chi connectivity index (χ0n) is 16.1. The predicted molar refractivity (Wildman–Crippen MR) is 103 cm³/mol. The number of amides is 1. The third-order valence-corrected chi connectivity index (χ3v) is 5.88. The molecule has 2 aliphatic rings. The molecule has 1 aromatic heterocycles. The van der Waals surface area contributed by atoms with Gasteiger partial charge in [0.1, 0.15) is 0 Å². The molecule has 6 nitrogen and oxygen atoms in total. The third-order valence-electron chi connectivity index (χ3n) is 5.88. The van der Waals surface area contributed by atoms with Crippen LogP contribution in [0.5, 0.6) is 0 Å². The molecule has 1 aromatic rings. The number of nitrogens with one attached hydrogen (secondary N) is 1. The van der Waals surface area contributed by atoms with Gasteiger partial charge in [0.25, 0.3) is 5.56 Å². The lowest BCUT2D eigenvalue weighted by Gasteiger charge is -2.34. The van der Waals surface area contributed by atoms with Crippen molar-refractivity contribution in [1.29, 1.82) is 0 Å². The molecule has 1 amide bonds. The lowest BCUT2D eigenvalue weighted by molar-refractivity contribution is -0.126. The van der Waals surface area contributed by atoms with E-state index in [2.05, 4.69) is 22.2 Å². The molecule has 0 aromatic carbocycles. The molecule has 1 N–H and O–H groups in total. The lowest BCUT2D eigenvalue weighted by Crippen LogP contribution is -2.45. The van der Waals surface area contributed by atoms with E-state index < -0.39 is 0 Å². The number of hydrogen-bond donors (Lipinski definition) is 1. The van der Waals surface area contributed by atoms with Crippen molar-refractivity contribution < 1.29 is 4.79 Å². The fraction of sp³-hybridized carbons (Fsp3) is 0.750. The minimum Gasteiger partial charge on any atom is -0.370 e. The average Bonchev–Trinajstić information content (AvgIpc) is 2.65. The van der Waals surface area contributed by atoms with Crippen LogP contribution in [0.4, 0.5) is 5.69 Å². The molecule has 1 saturated carbocycles. The quantitative estimate of drug-likeness (QED) is 0.876. The Balaban J connectivity index is 1.50. The van der Waals surface area contributed by atoms with E-state index in [1.165, 1.54) is 17.5 Å². The highest BCUT2D eigenvalue weighted by atomic mass is 16.2. The van der Waals surface area contributed by atoms with Crippen LogP contribution in [-0.2, 0) is 11.3 Å². The number of piperidine rings is 1. The largest absolute Gasteiger partial charge is 0.370 e. The molecule has 26 heavy (non-hydrogen) atoms. The fourth-order valence-corrected chi connectivity index (χ4v) is 4.10. The van der Waals surface area contributed by atoms with E-state index in [1.54, 1.807) is 12.3 Å². The highest BCUT2D eigenvalue weighted by molar-refractivity contribution is 5.79. The van der Waals surface area contributed by atoms with Gasteiger partial charge < -0.3 is 10.2 Å². The Morgan fingerprint density at radius 1 is 1.19 bits per heavy atom. The summed E-state index contributed by atoms with van der Waals surface area (Å²) in [7, 11) is 0. The van der Waals surface area contributed by atoms with Crippen LogP contribution in [0.1, 0.15) is 58.8 Å². The van der Waals surface area contributed by atoms with Gasteiger partial charge in [-0.15, -0.1) is 0 Å². The molecule has 3 rings (SSSR count). The van der Waals surface area contributed by atoms with Crippen molar-refractivity contribution in [2.75, 3.05) is 18.0 Å². The van der Waals surface area contributed by atoms with Crippen molar-refractivity contribution in [2.45, 2.75) is 71.4 Å². The molecular formula is C20H32N4O2. The summed E-state index contributed by atoms with van der Waals surface area (Å²) in [5.41, 5.74) is 0.832. The van der Waals surface area contributed by atoms with Gasteiger partial charge >= 0.3 is 0 Å². The Hall–Kier alpha value is -1.85. The van der Waals surface area contributed by atoms with Crippen LogP contribution in [0, 0.1) is 11.8 Å². The number of rotatable bonds is 5. The average molecular weight is 361 g/mol. The van der Waals surface area contributed by atoms with E-state index in [0.29, 0.717) is 12.6 Å². The van der Waals surface area contributed by atoms with Crippen molar-refractivity contribution in [3.63, 3.8) is 0 Å². The highest BCUT2D eigenvalue weighted by Gasteiger charge is 2.28. The van der Waals surface area contributed by atoms with Gasteiger partial charge in [0.2, 0.25) is 5.91 Å². The first kappa shape index (κ1) is 18.9. The Bertz CT molecular complexity index is 656. The van der Waals surface area contributed by atoms with Gasteiger partial charge in [-0.3, -0.25) is 9.59 Å². The molecule has 0 radical (unpaired) electrons. The second-order valence-electron chi connectivity index (χ2n) is 8.00. The molecule has 2 fully saturated rings. The van der Waals surface area contributed by atoms with Crippen LogP contribution >= 0.6 is 0 Å². The van der Waals surface area contributed by atoms with Crippen molar-refractivity contribution in [3.05, 3.63) is 22.6 Å². The first-order valence-electron chi connectivity index (χ1n) is 10.2. The zero-order chi connectivity index (χ0) is 18.5. The van der Waals surface area contributed by atoms with Crippen LogP contribution in [0.2, 0.25) is 0 Å². The molecule has 2 heterocycles. The number of carbonyl (C=O) groups excluding carboxylic acids is 1. The Morgan fingerprint density at radius 3 is 2.50 bits per heavy atom. The maximum absolute atomic E-state index is 12.6. The molecule has 0 bridgehead atoms. The van der Waals surface area contributed by atoms with Gasteiger partial charge in [-0.2, -0.15) is 5.10 Å². The van der Waals surface area contributed by atoms with E-state index in [0.717, 1.165) is 56.8 Å².